The molecule has 5 heteroatoms. The average molecular weight is 222 g/mol. The van der Waals surface area contributed by atoms with Crippen LogP contribution in [0.15, 0.2) is 18.3 Å². The molecule has 0 saturated heterocycles. The number of aromatic nitrogens is 1. The summed E-state index contributed by atoms with van der Waals surface area (Å²) in [6.07, 6.45) is 3.90. The summed E-state index contributed by atoms with van der Waals surface area (Å²) in [6.45, 7) is 0. The van der Waals surface area contributed by atoms with Crippen LogP contribution in [0.3, 0.4) is 0 Å². The molecule has 1 aromatic rings. The largest absolute Gasteiger partial charge is 0.481 e. The molecule has 16 heavy (non-hydrogen) atoms. The van der Waals surface area contributed by atoms with Crippen LogP contribution in [-0.4, -0.2) is 28.0 Å². The summed E-state index contributed by atoms with van der Waals surface area (Å²) in [7, 11) is 0. The molecule has 1 aliphatic carbocycles. The molecule has 1 saturated carbocycles. The molecule has 1 aromatic heterocycles. The van der Waals surface area contributed by atoms with E-state index < -0.39 is 11.9 Å². The number of carboxylic acid groups (broad SMARTS) is 1. The minimum absolute atomic E-state index is 0.233. The Hall–Kier alpha value is -1.78. The third kappa shape index (κ3) is 2.08. The molecule has 0 aliphatic heterocycles. The van der Waals surface area contributed by atoms with Crippen molar-refractivity contribution in [3.05, 3.63) is 24.0 Å². The Kier molecular flexibility index (Phi) is 2.94. The van der Waals surface area contributed by atoms with Gasteiger partial charge in [-0.15, -0.1) is 0 Å². The lowest BCUT2D eigenvalue weighted by Gasteiger charge is -2.16. The number of rotatable bonds is 3. The van der Waals surface area contributed by atoms with Gasteiger partial charge < -0.3 is 15.4 Å². The smallest absolute Gasteiger partial charge is 0.308 e. The molecule has 2 atom stereocenters. The first-order valence-electron chi connectivity index (χ1n) is 5.35. The zero-order valence-electron chi connectivity index (χ0n) is 8.77. The van der Waals surface area contributed by atoms with Crippen molar-refractivity contribution in [2.75, 3.05) is 0 Å². The van der Waals surface area contributed by atoms with Crippen LogP contribution in [0.1, 0.15) is 29.8 Å². The van der Waals surface area contributed by atoms with Gasteiger partial charge in [0.1, 0.15) is 5.69 Å². The fourth-order valence-corrected chi connectivity index (χ4v) is 2.15. The van der Waals surface area contributed by atoms with Crippen molar-refractivity contribution in [2.45, 2.75) is 25.3 Å². The first-order valence-corrected chi connectivity index (χ1v) is 5.35. The highest BCUT2D eigenvalue weighted by molar-refractivity contribution is 5.92. The molecule has 3 N–H and O–H groups in total. The number of carbonyl (C=O) groups is 2. The van der Waals surface area contributed by atoms with Crippen molar-refractivity contribution in [3.8, 4) is 0 Å². The number of hydrogen-bond acceptors (Lipinski definition) is 2. The molecular formula is C11H14N2O3. The number of carbonyl (C=O) groups excluding carboxylic acids is 1. The maximum atomic E-state index is 11.7. The Morgan fingerprint density at radius 1 is 1.44 bits per heavy atom. The number of nitrogens with one attached hydrogen (secondary N) is 2. The Labute approximate surface area is 92.9 Å². The summed E-state index contributed by atoms with van der Waals surface area (Å²) < 4.78 is 0. The van der Waals surface area contributed by atoms with Gasteiger partial charge in [-0.05, 0) is 25.0 Å². The molecule has 1 aliphatic rings. The first kappa shape index (κ1) is 10.7. The maximum Gasteiger partial charge on any atom is 0.308 e. The van der Waals surface area contributed by atoms with Crippen LogP contribution in [0.5, 0.6) is 0 Å². The van der Waals surface area contributed by atoms with Crippen LogP contribution in [0.2, 0.25) is 0 Å². The predicted octanol–water partition coefficient (Wildman–Crippen LogP) is 0.998. The molecule has 1 heterocycles. The summed E-state index contributed by atoms with van der Waals surface area (Å²) in [6, 6.07) is 3.16. The lowest BCUT2D eigenvalue weighted by atomic mass is 10.0. The summed E-state index contributed by atoms with van der Waals surface area (Å²) in [5.74, 6) is -1.50. The molecule has 86 valence electrons. The van der Waals surface area contributed by atoms with E-state index in [1.54, 1.807) is 18.3 Å². The van der Waals surface area contributed by atoms with Crippen molar-refractivity contribution in [1.29, 1.82) is 0 Å². The molecule has 0 spiro atoms. The standard InChI is InChI=1S/C11H14N2O3/c14-10(9-5-2-6-12-9)13-8-4-1-3-7(8)11(15)16/h2,5-8,12H,1,3-4H2,(H,13,14)(H,15,16). The molecule has 2 unspecified atom stereocenters. The lowest BCUT2D eigenvalue weighted by molar-refractivity contribution is -0.142. The lowest BCUT2D eigenvalue weighted by Crippen LogP contribution is -2.40. The highest BCUT2D eigenvalue weighted by atomic mass is 16.4. The van der Waals surface area contributed by atoms with E-state index in [-0.39, 0.29) is 11.9 Å². The minimum atomic E-state index is -0.825. The van der Waals surface area contributed by atoms with Crippen LogP contribution in [-0.2, 0) is 4.79 Å². The van der Waals surface area contributed by atoms with Gasteiger partial charge in [-0.2, -0.15) is 0 Å². The summed E-state index contributed by atoms with van der Waals surface area (Å²) in [4.78, 5) is 25.4. The van der Waals surface area contributed by atoms with E-state index in [4.69, 9.17) is 5.11 Å². The van der Waals surface area contributed by atoms with E-state index in [1.807, 2.05) is 0 Å². The second-order valence-corrected chi connectivity index (χ2v) is 4.04. The van der Waals surface area contributed by atoms with E-state index >= 15 is 0 Å². The van der Waals surface area contributed by atoms with Crippen LogP contribution in [0.4, 0.5) is 0 Å². The zero-order chi connectivity index (χ0) is 11.5. The second-order valence-electron chi connectivity index (χ2n) is 4.04. The summed E-state index contributed by atoms with van der Waals surface area (Å²) in [5, 5.41) is 11.7. The third-order valence-electron chi connectivity index (χ3n) is 2.99. The van der Waals surface area contributed by atoms with Crippen molar-refractivity contribution in [1.82, 2.24) is 10.3 Å². The quantitative estimate of drug-likeness (QED) is 0.713. The Morgan fingerprint density at radius 2 is 2.25 bits per heavy atom. The Morgan fingerprint density at radius 3 is 2.88 bits per heavy atom. The number of carboxylic acids is 1. The topological polar surface area (TPSA) is 82.2 Å². The monoisotopic (exact) mass is 222 g/mol. The highest BCUT2D eigenvalue weighted by Crippen LogP contribution is 2.25. The zero-order valence-corrected chi connectivity index (χ0v) is 8.77. The van der Waals surface area contributed by atoms with Gasteiger partial charge in [0.2, 0.25) is 0 Å². The predicted molar refractivity (Wildman–Crippen MR) is 57.0 cm³/mol. The van der Waals surface area contributed by atoms with E-state index in [2.05, 4.69) is 10.3 Å². The average Bonchev–Trinajstić information content (AvgIpc) is 2.86. The van der Waals surface area contributed by atoms with Gasteiger partial charge in [0.15, 0.2) is 0 Å². The van der Waals surface area contributed by atoms with Gasteiger partial charge in [-0.1, -0.05) is 6.42 Å². The fourth-order valence-electron chi connectivity index (χ4n) is 2.15. The molecule has 0 aromatic carbocycles. The van der Waals surface area contributed by atoms with Crippen molar-refractivity contribution in [2.24, 2.45) is 5.92 Å². The Bertz CT molecular complexity index is 386. The van der Waals surface area contributed by atoms with Crippen LogP contribution >= 0.6 is 0 Å². The molecule has 0 bridgehead atoms. The van der Waals surface area contributed by atoms with E-state index in [0.717, 1.165) is 12.8 Å². The normalized spacial score (nSPS) is 24.2. The summed E-state index contributed by atoms with van der Waals surface area (Å²) >= 11 is 0. The van der Waals surface area contributed by atoms with Gasteiger partial charge >= 0.3 is 5.97 Å². The number of hydrogen-bond donors (Lipinski definition) is 3. The molecule has 0 radical (unpaired) electrons. The van der Waals surface area contributed by atoms with Crippen molar-refractivity contribution < 1.29 is 14.7 Å². The van der Waals surface area contributed by atoms with Gasteiger partial charge in [0.25, 0.3) is 5.91 Å². The van der Waals surface area contributed by atoms with Gasteiger partial charge in [0, 0.05) is 12.2 Å². The molecular weight excluding hydrogens is 208 g/mol. The minimum Gasteiger partial charge on any atom is -0.481 e. The van der Waals surface area contributed by atoms with Crippen LogP contribution in [0, 0.1) is 5.92 Å². The van der Waals surface area contributed by atoms with E-state index in [9.17, 15) is 9.59 Å². The second kappa shape index (κ2) is 4.38. The van der Waals surface area contributed by atoms with Crippen molar-refractivity contribution >= 4 is 11.9 Å². The SMILES string of the molecule is O=C(NC1CCCC1C(=O)O)c1ccc[nH]1. The fraction of sp³-hybridized carbons (Fsp3) is 0.455. The van der Waals surface area contributed by atoms with E-state index in [1.165, 1.54) is 0 Å². The number of aliphatic carboxylic acids is 1. The third-order valence-corrected chi connectivity index (χ3v) is 2.99. The van der Waals surface area contributed by atoms with Crippen molar-refractivity contribution in [3.63, 3.8) is 0 Å². The van der Waals surface area contributed by atoms with E-state index in [0.29, 0.717) is 12.1 Å². The number of aromatic amines is 1. The van der Waals surface area contributed by atoms with Gasteiger partial charge in [0.05, 0.1) is 5.92 Å². The number of H-pyrrole nitrogens is 1. The first-order chi connectivity index (χ1) is 7.68. The number of amides is 1. The molecule has 2 rings (SSSR count). The van der Waals surface area contributed by atoms with Crippen LogP contribution < -0.4 is 5.32 Å². The molecule has 1 amide bonds. The Balaban J connectivity index is 1.99. The van der Waals surface area contributed by atoms with Crippen LogP contribution in [0.25, 0.3) is 0 Å². The summed E-state index contributed by atoms with van der Waals surface area (Å²) in [5.41, 5.74) is 0.469. The highest BCUT2D eigenvalue weighted by Gasteiger charge is 2.34. The molecule has 5 nitrogen and oxygen atoms in total. The van der Waals surface area contributed by atoms with Gasteiger partial charge in [-0.3, -0.25) is 9.59 Å². The maximum absolute atomic E-state index is 11.7. The van der Waals surface area contributed by atoms with Gasteiger partial charge in [-0.25, -0.2) is 0 Å². The molecule has 1 fully saturated rings.